The van der Waals surface area contributed by atoms with Crippen molar-refractivity contribution < 1.29 is 24.0 Å². The Balaban J connectivity index is 1.73. The molecule has 0 fully saturated rings. The Morgan fingerprint density at radius 3 is 2.60 bits per heavy atom. The van der Waals surface area contributed by atoms with E-state index in [1.807, 2.05) is 13.0 Å². The Kier molecular flexibility index (Phi) is 6.65. The third-order valence-electron chi connectivity index (χ3n) is 4.89. The van der Waals surface area contributed by atoms with Gasteiger partial charge in [-0.15, -0.1) is 0 Å². The van der Waals surface area contributed by atoms with Crippen LogP contribution < -0.4 is 10.9 Å². The van der Waals surface area contributed by atoms with Crippen molar-refractivity contribution in [1.82, 2.24) is 14.9 Å². The molecule has 11 heteroatoms. The highest BCUT2D eigenvalue weighted by atomic mass is 35.5. The number of aryl methyl sites for hydroxylation is 1. The molecule has 2 aromatic carbocycles. The van der Waals surface area contributed by atoms with Gasteiger partial charge in [0.1, 0.15) is 5.69 Å². The number of carbonyl (C=O) groups is 2. The summed E-state index contributed by atoms with van der Waals surface area (Å²) in [7, 11) is 0. The quantitative estimate of drug-likeness (QED) is 0.384. The molecule has 2 heterocycles. The molecule has 0 radical (unpaired) electrons. The molecular weight excluding hydrogens is 476 g/mol. The molecule has 1 amide bonds. The minimum Gasteiger partial charge on any atom is -0.505 e. The van der Waals surface area contributed by atoms with Crippen LogP contribution in [0.25, 0.3) is 16.9 Å². The number of nitrogens with one attached hydrogen (secondary N) is 1. The van der Waals surface area contributed by atoms with Gasteiger partial charge in [-0.3, -0.25) is 14.9 Å². The van der Waals surface area contributed by atoms with Crippen LogP contribution in [0.4, 0.5) is 5.88 Å². The first-order valence-electron chi connectivity index (χ1n) is 10.4. The highest BCUT2D eigenvalue weighted by Gasteiger charge is 2.28. The number of anilines is 1. The largest absolute Gasteiger partial charge is 0.505 e. The zero-order valence-corrected chi connectivity index (χ0v) is 19.4. The number of ether oxygens (including phenoxy) is 1. The van der Waals surface area contributed by atoms with Gasteiger partial charge >= 0.3 is 5.97 Å². The molecule has 0 aliphatic rings. The summed E-state index contributed by atoms with van der Waals surface area (Å²) in [6, 6.07) is 14.2. The van der Waals surface area contributed by atoms with Crippen molar-refractivity contribution in [1.29, 1.82) is 0 Å². The molecule has 0 saturated carbocycles. The fourth-order valence-electron chi connectivity index (χ4n) is 3.29. The first kappa shape index (κ1) is 23.7. The van der Waals surface area contributed by atoms with Gasteiger partial charge in [0.25, 0.3) is 11.5 Å². The third kappa shape index (κ3) is 4.92. The number of nitrogens with zero attached hydrogens (tertiary/aromatic N) is 3. The Labute approximate surface area is 203 Å². The number of hydrogen-bond donors (Lipinski definition) is 2. The molecule has 0 aliphatic carbocycles. The number of halogens is 1. The topological polar surface area (TPSA) is 137 Å². The number of aromatic nitrogens is 3. The molecule has 35 heavy (non-hydrogen) atoms. The maximum atomic E-state index is 13.0. The molecule has 0 atom stereocenters. The van der Waals surface area contributed by atoms with E-state index in [2.05, 4.69) is 15.6 Å². The lowest BCUT2D eigenvalue weighted by atomic mass is 10.1. The third-order valence-corrected chi connectivity index (χ3v) is 5.14. The number of rotatable bonds is 6. The Hall–Kier alpha value is -4.44. The van der Waals surface area contributed by atoms with Gasteiger partial charge in [-0.1, -0.05) is 41.0 Å². The van der Waals surface area contributed by atoms with Gasteiger partial charge in [0.05, 0.1) is 12.3 Å². The molecule has 0 aliphatic heterocycles. The lowest BCUT2D eigenvalue weighted by Crippen LogP contribution is -2.25. The average molecular weight is 495 g/mol. The molecule has 2 N–H and O–H groups in total. The fourth-order valence-corrected chi connectivity index (χ4v) is 3.41. The van der Waals surface area contributed by atoms with Gasteiger partial charge in [-0.25, -0.2) is 4.79 Å². The SMILES string of the molecule is CCOC(=O)c1c(-c2ccc(Cl)cc2)noc1NC(=O)c1nn(-c2cccc(C)c2)c(=O)cc1O. The first-order valence-corrected chi connectivity index (χ1v) is 10.8. The van der Waals surface area contributed by atoms with Crippen LogP contribution in [0, 0.1) is 6.92 Å². The minimum atomic E-state index is -0.937. The second-order valence-corrected chi connectivity index (χ2v) is 7.82. The van der Waals surface area contributed by atoms with Crippen molar-refractivity contribution in [2.24, 2.45) is 0 Å². The number of aromatic hydroxyl groups is 1. The molecule has 0 spiro atoms. The van der Waals surface area contributed by atoms with E-state index in [9.17, 15) is 19.5 Å². The zero-order valence-electron chi connectivity index (χ0n) is 18.6. The van der Waals surface area contributed by atoms with Crippen LogP contribution in [-0.4, -0.2) is 38.5 Å². The van der Waals surface area contributed by atoms with Crippen LogP contribution in [0.3, 0.4) is 0 Å². The van der Waals surface area contributed by atoms with E-state index in [-0.39, 0.29) is 23.7 Å². The van der Waals surface area contributed by atoms with E-state index in [4.69, 9.17) is 20.9 Å². The van der Waals surface area contributed by atoms with Gasteiger partial charge < -0.3 is 14.4 Å². The van der Waals surface area contributed by atoms with Crippen molar-refractivity contribution in [2.75, 3.05) is 11.9 Å². The second-order valence-electron chi connectivity index (χ2n) is 7.38. The Morgan fingerprint density at radius 2 is 1.91 bits per heavy atom. The van der Waals surface area contributed by atoms with Crippen LogP contribution in [0.1, 0.15) is 33.3 Å². The predicted molar refractivity (Wildman–Crippen MR) is 127 cm³/mol. The lowest BCUT2D eigenvalue weighted by Gasteiger charge is -2.09. The Morgan fingerprint density at radius 1 is 1.17 bits per heavy atom. The standard InChI is InChI=1S/C24H19ClN4O6/c1-3-34-24(33)19-20(14-7-9-15(25)10-8-14)28-35-23(19)26-22(32)21-17(30)12-18(31)29(27-21)16-6-4-5-13(2)11-16/h4-12,30H,3H2,1-2H3,(H,26,32). The monoisotopic (exact) mass is 494 g/mol. The summed E-state index contributed by atoms with van der Waals surface area (Å²) in [6.07, 6.45) is 0. The molecule has 10 nitrogen and oxygen atoms in total. The van der Waals surface area contributed by atoms with Crippen molar-refractivity contribution in [3.63, 3.8) is 0 Å². The second kappa shape index (κ2) is 9.82. The van der Waals surface area contributed by atoms with Gasteiger partial charge in [-0.05, 0) is 43.7 Å². The van der Waals surface area contributed by atoms with E-state index in [1.54, 1.807) is 49.4 Å². The number of amides is 1. The minimum absolute atomic E-state index is 0.0707. The number of benzene rings is 2. The molecule has 4 rings (SSSR count). The summed E-state index contributed by atoms with van der Waals surface area (Å²) < 4.78 is 11.3. The highest BCUT2D eigenvalue weighted by molar-refractivity contribution is 6.30. The summed E-state index contributed by atoms with van der Waals surface area (Å²) in [5, 5.41) is 21.0. The normalized spacial score (nSPS) is 10.7. The molecular formula is C24H19ClN4O6. The maximum absolute atomic E-state index is 13.0. The number of esters is 1. The van der Waals surface area contributed by atoms with Gasteiger partial charge in [0.15, 0.2) is 17.0 Å². The summed E-state index contributed by atoms with van der Waals surface area (Å²) in [5.41, 5.74) is 0.653. The smallest absolute Gasteiger partial charge is 0.346 e. The van der Waals surface area contributed by atoms with Crippen LogP contribution in [0.5, 0.6) is 5.75 Å². The fraction of sp³-hybridized carbons (Fsp3) is 0.125. The number of carbonyl (C=O) groups excluding carboxylic acids is 2. The highest BCUT2D eigenvalue weighted by Crippen LogP contribution is 2.31. The van der Waals surface area contributed by atoms with Gasteiger partial charge in [-0.2, -0.15) is 9.78 Å². The van der Waals surface area contributed by atoms with Crippen molar-refractivity contribution >= 4 is 29.4 Å². The van der Waals surface area contributed by atoms with E-state index in [1.165, 1.54) is 0 Å². The first-order chi connectivity index (χ1) is 16.8. The van der Waals surface area contributed by atoms with Crippen LogP contribution in [0.15, 0.2) is 63.9 Å². The molecule has 4 aromatic rings. The summed E-state index contributed by atoms with van der Waals surface area (Å²) in [4.78, 5) is 38.1. The molecule has 178 valence electrons. The molecule has 0 bridgehead atoms. The van der Waals surface area contributed by atoms with Crippen LogP contribution in [-0.2, 0) is 4.74 Å². The van der Waals surface area contributed by atoms with Crippen molar-refractivity contribution in [3.8, 4) is 22.7 Å². The van der Waals surface area contributed by atoms with Crippen LogP contribution >= 0.6 is 11.6 Å². The molecule has 0 saturated heterocycles. The molecule has 0 unspecified atom stereocenters. The van der Waals surface area contributed by atoms with E-state index in [0.29, 0.717) is 16.3 Å². The molecule has 2 aromatic heterocycles. The van der Waals surface area contributed by atoms with E-state index in [0.717, 1.165) is 16.3 Å². The summed E-state index contributed by atoms with van der Waals surface area (Å²) >= 11 is 5.94. The summed E-state index contributed by atoms with van der Waals surface area (Å²) in [6.45, 7) is 3.53. The lowest BCUT2D eigenvalue weighted by molar-refractivity contribution is 0.0528. The average Bonchev–Trinajstić information content (AvgIpc) is 3.23. The zero-order chi connectivity index (χ0) is 25.1. The summed E-state index contributed by atoms with van der Waals surface area (Å²) in [5.74, 6) is -2.68. The predicted octanol–water partition coefficient (Wildman–Crippen LogP) is 3.98. The number of hydrogen-bond acceptors (Lipinski definition) is 8. The van der Waals surface area contributed by atoms with Gasteiger partial charge in [0.2, 0.25) is 5.88 Å². The maximum Gasteiger partial charge on any atom is 0.346 e. The van der Waals surface area contributed by atoms with Crippen LogP contribution in [0.2, 0.25) is 5.02 Å². The van der Waals surface area contributed by atoms with E-state index < -0.39 is 28.9 Å². The van der Waals surface area contributed by atoms with E-state index >= 15 is 0 Å². The van der Waals surface area contributed by atoms with Gasteiger partial charge in [0, 0.05) is 16.7 Å². The van der Waals surface area contributed by atoms with Crippen molar-refractivity contribution in [3.05, 3.63) is 86.8 Å². The Bertz CT molecular complexity index is 1480. The van der Waals surface area contributed by atoms with Crippen molar-refractivity contribution in [2.45, 2.75) is 13.8 Å².